The van der Waals surface area contributed by atoms with Gasteiger partial charge in [-0.25, -0.2) is 8.42 Å². The summed E-state index contributed by atoms with van der Waals surface area (Å²) in [6, 6.07) is 0.0507. The number of rotatable bonds is 4. The summed E-state index contributed by atoms with van der Waals surface area (Å²) >= 11 is 0. The lowest BCUT2D eigenvalue weighted by Gasteiger charge is -2.24. The van der Waals surface area contributed by atoms with Gasteiger partial charge in [-0.15, -0.1) is 0 Å². The van der Waals surface area contributed by atoms with Crippen molar-refractivity contribution in [1.82, 2.24) is 5.32 Å². The highest BCUT2D eigenvalue weighted by Gasteiger charge is 2.24. The van der Waals surface area contributed by atoms with Crippen LogP contribution < -0.4 is 5.32 Å². The van der Waals surface area contributed by atoms with E-state index in [1.165, 1.54) is 0 Å². The van der Waals surface area contributed by atoms with E-state index in [2.05, 4.69) is 5.32 Å². The summed E-state index contributed by atoms with van der Waals surface area (Å²) in [7, 11) is -3.68. The third-order valence-corrected chi connectivity index (χ3v) is 5.84. The van der Waals surface area contributed by atoms with Crippen LogP contribution in [0, 0.1) is 0 Å². The van der Waals surface area contributed by atoms with Gasteiger partial charge in [0.2, 0.25) is 0 Å². The van der Waals surface area contributed by atoms with Crippen molar-refractivity contribution in [3.05, 3.63) is 0 Å². The van der Waals surface area contributed by atoms with E-state index in [1.807, 2.05) is 6.92 Å². The monoisotopic (exact) mass is 253 g/mol. The molecule has 1 aliphatic heterocycles. The number of hydrogen-bond donors (Lipinski definition) is 1. The Kier molecular flexibility index (Phi) is 4.73. The molecule has 4 nitrogen and oxygen atoms in total. The van der Waals surface area contributed by atoms with Gasteiger partial charge in [0.15, 0.2) is 9.84 Å². The molecule has 0 bridgehead atoms. The van der Waals surface area contributed by atoms with Gasteiger partial charge in [-0.05, 0) is 19.8 Å². The van der Waals surface area contributed by atoms with Crippen molar-refractivity contribution in [2.45, 2.75) is 31.1 Å². The maximum atomic E-state index is 11.3. The van der Waals surface area contributed by atoms with Crippen molar-refractivity contribution in [3.63, 3.8) is 0 Å². The van der Waals surface area contributed by atoms with Gasteiger partial charge in [0.05, 0.1) is 11.5 Å². The lowest BCUT2D eigenvalue weighted by Crippen LogP contribution is -2.43. The van der Waals surface area contributed by atoms with Gasteiger partial charge < -0.3 is 5.32 Å². The molecule has 6 heteroatoms. The average Bonchev–Trinajstić information content (AvgIpc) is 2.12. The van der Waals surface area contributed by atoms with Crippen molar-refractivity contribution in [2.24, 2.45) is 0 Å². The van der Waals surface area contributed by atoms with Crippen LogP contribution in [-0.4, -0.2) is 48.2 Å². The molecule has 0 aliphatic carbocycles. The van der Waals surface area contributed by atoms with E-state index in [-0.39, 0.29) is 17.0 Å². The van der Waals surface area contributed by atoms with Gasteiger partial charge in [-0.1, -0.05) is 0 Å². The van der Waals surface area contributed by atoms with E-state index < -0.39 is 20.6 Å². The molecule has 1 heterocycles. The molecule has 1 rings (SSSR count). The highest BCUT2D eigenvalue weighted by Crippen LogP contribution is 2.11. The van der Waals surface area contributed by atoms with Crippen LogP contribution in [0.25, 0.3) is 0 Å². The highest BCUT2D eigenvalue weighted by molar-refractivity contribution is 7.91. The minimum Gasteiger partial charge on any atom is -0.312 e. The summed E-state index contributed by atoms with van der Waals surface area (Å²) in [5.41, 5.74) is 0. The third kappa shape index (κ3) is 4.61. The molecule has 0 aromatic heterocycles. The topological polar surface area (TPSA) is 63.2 Å². The first kappa shape index (κ1) is 13.1. The second-order valence-corrected chi connectivity index (χ2v) is 8.20. The Balaban J connectivity index is 2.36. The standard InChI is InChI=1S/C9H19NO3S2/c1-8(14(2)11)6-10-9-4-3-5-15(12,13)7-9/h8-10H,3-7H2,1-2H3. The van der Waals surface area contributed by atoms with Gasteiger partial charge in [-0.3, -0.25) is 4.21 Å². The van der Waals surface area contributed by atoms with E-state index >= 15 is 0 Å². The Morgan fingerprint density at radius 1 is 1.53 bits per heavy atom. The molecule has 0 spiro atoms. The normalized spacial score (nSPS) is 29.6. The first-order valence-electron chi connectivity index (χ1n) is 5.17. The number of sulfone groups is 1. The van der Waals surface area contributed by atoms with Gasteiger partial charge in [-0.2, -0.15) is 0 Å². The predicted molar refractivity (Wildman–Crippen MR) is 63.2 cm³/mol. The first-order chi connectivity index (χ1) is 6.91. The van der Waals surface area contributed by atoms with E-state index in [9.17, 15) is 12.6 Å². The van der Waals surface area contributed by atoms with Crippen LogP contribution in [0.3, 0.4) is 0 Å². The van der Waals surface area contributed by atoms with Crippen LogP contribution in [0.15, 0.2) is 0 Å². The molecule has 3 atom stereocenters. The highest BCUT2D eigenvalue weighted by atomic mass is 32.2. The Morgan fingerprint density at radius 2 is 2.20 bits per heavy atom. The molecule has 1 N–H and O–H groups in total. The van der Waals surface area contributed by atoms with E-state index in [0.717, 1.165) is 12.8 Å². The fourth-order valence-electron chi connectivity index (χ4n) is 1.63. The summed E-state index contributed by atoms with van der Waals surface area (Å²) in [6.07, 6.45) is 3.32. The van der Waals surface area contributed by atoms with Crippen LogP contribution in [-0.2, 0) is 20.6 Å². The van der Waals surface area contributed by atoms with Gasteiger partial charge >= 0.3 is 0 Å². The third-order valence-electron chi connectivity index (χ3n) is 2.72. The van der Waals surface area contributed by atoms with Crippen LogP contribution in [0.5, 0.6) is 0 Å². The zero-order valence-corrected chi connectivity index (χ0v) is 10.9. The maximum Gasteiger partial charge on any atom is 0.151 e. The molecule has 90 valence electrons. The summed E-state index contributed by atoms with van der Waals surface area (Å²) < 4.78 is 33.8. The quantitative estimate of drug-likeness (QED) is 0.761. The van der Waals surface area contributed by atoms with E-state index in [0.29, 0.717) is 12.3 Å². The van der Waals surface area contributed by atoms with Crippen LogP contribution in [0.1, 0.15) is 19.8 Å². The SMILES string of the molecule is CC(CNC1CCCS(=O)(=O)C1)S(C)=O. The van der Waals surface area contributed by atoms with Crippen LogP contribution in [0.2, 0.25) is 0 Å². The first-order valence-corrected chi connectivity index (χ1v) is 8.61. The van der Waals surface area contributed by atoms with E-state index in [1.54, 1.807) is 6.26 Å². The van der Waals surface area contributed by atoms with Gasteiger partial charge in [0.1, 0.15) is 0 Å². The second kappa shape index (κ2) is 5.41. The van der Waals surface area contributed by atoms with Crippen molar-refractivity contribution in [3.8, 4) is 0 Å². The minimum atomic E-state index is -2.84. The Labute approximate surface area is 94.2 Å². The minimum absolute atomic E-state index is 0.0507. The molecule has 1 aliphatic rings. The lowest BCUT2D eigenvalue weighted by molar-refractivity contribution is 0.481. The molecule has 15 heavy (non-hydrogen) atoms. The Hall–Kier alpha value is 0.0600. The molecule has 0 amide bonds. The van der Waals surface area contributed by atoms with Crippen molar-refractivity contribution >= 4 is 20.6 Å². The van der Waals surface area contributed by atoms with Gasteiger partial charge in [0.25, 0.3) is 0 Å². The molecular formula is C9H19NO3S2. The summed E-state index contributed by atoms with van der Waals surface area (Å²) in [5.74, 6) is 0.552. The van der Waals surface area contributed by atoms with Crippen molar-refractivity contribution < 1.29 is 12.6 Å². The molecule has 0 radical (unpaired) electrons. The molecule has 1 fully saturated rings. The van der Waals surface area contributed by atoms with E-state index in [4.69, 9.17) is 0 Å². The Morgan fingerprint density at radius 3 is 2.73 bits per heavy atom. The summed E-state index contributed by atoms with van der Waals surface area (Å²) in [4.78, 5) is 0. The Bertz CT molecular complexity index is 326. The molecule has 0 saturated carbocycles. The molecular weight excluding hydrogens is 234 g/mol. The van der Waals surface area contributed by atoms with Crippen LogP contribution in [0.4, 0.5) is 0 Å². The number of hydrogen-bond acceptors (Lipinski definition) is 4. The lowest BCUT2D eigenvalue weighted by atomic mass is 10.2. The smallest absolute Gasteiger partial charge is 0.151 e. The van der Waals surface area contributed by atoms with Crippen molar-refractivity contribution in [1.29, 1.82) is 0 Å². The van der Waals surface area contributed by atoms with Gasteiger partial charge in [0, 0.05) is 34.9 Å². The molecule has 3 unspecified atom stereocenters. The summed E-state index contributed by atoms with van der Waals surface area (Å²) in [5, 5.41) is 3.26. The zero-order valence-electron chi connectivity index (χ0n) is 9.23. The average molecular weight is 253 g/mol. The maximum absolute atomic E-state index is 11.3. The fraction of sp³-hybridized carbons (Fsp3) is 1.00. The fourth-order valence-corrected chi connectivity index (χ4v) is 3.64. The number of nitrogens with one attached hydrogen (secondary N) is 1. The molecule has 1 saturated heterocycles. The molecule has 0 aromatic carbocycles. The summed E-state index contributed by atoms with van der Waals surface area (Å²) in [6.45, 7) is 2.53. The zero-order chi connectivity index (χ0) is 11.5. The van der Waals surface area contributed by atoms with Crippen LogP contribution >= 0.6 is 0 Å². The van der Waals surface area contributed by atoms with Crippen molar-refractivity contribution in [2.75, 3.05) is 24.3 Å². The second-order valence-electron chi connectivity index (χ2n) is 4.17. The largest absolute Gasteiger partial charge is 0.312 e. The molecule has 0 aromatic rings. The predicted octanol–water partition coefficient (Wildman–Crippen LogP) is -0.0798.